The summed E-state index contributed by atoms with van der Waals surface area (Å²) in [6.07, 6.45) is 11.0. The number of hydrogen-bond donors (Lipinski definition) is 4. The highest BCUT2D eigenvalue weighted by molar-refractivity contribution is 6.58. The van der Waals surface area contributed by atoms with Crippen LogP contribution < -0.4 is 25.9 Å². The Balaban J connectivity index is 0.000000208. The molecule has 14 nitrogen and oxygen atoms in total. The van der Waals surface area contributed by atoms with Crippen molar-refractivity contribution < 1.29 is 38.7 Å². The van der Waals surface area contributed by atoms with Gasteiger partial charge in [-0.3, -0.25) is 19.6 Å². The van der Waals surface area contributed by atoms with Crippen LogP contribution in [0.2, 0.25) is 15.1 Å². The molecular weight excluding hydrogens is 1000 g/mol. The Morgan fingerprint density at radius 1 is 0.541 bits per heavy atom. The number of hydrogen-bond acceptors (Lipinski definition) is 12. The molecule has 6 aromatic rings. The number of piperidine rings is 2. The molecule has 0 atom stereocenters. The van der Waals surface area contributed by atoms with E-state index in [0.717, 1.165) is 85.5 Å². The highest BCUT2D eigenvalue weighted by atomic mass is 35.5. The number of rotatable bonds is 18. The SMILES string of the molecule is O=C(NCCCC(=O)C1CCN(c2c(Cl)cncc2-c2ccccc2)CC1)OCc1ccccc1.O=C(NCCCC(=O)C1CCN(c2c(Cl)cncc2Cl)CC1)OCc1ccccc1.OB(O)c1ccccc1. The Kier molecular flexibility index (Phi) is 23.5. The van der Waals surface area contributed by atoms with Gasteiger partial charge >= 0.3 is 19.3 Å². The number of aromatic nitrogens is 2. The standard InChI is InChI=1S/C28H30ClN3O3.C22H25Cl2N3O3.C6H7BO2/c29-25-19-30-18-24(22-10-5-2-6-11-22)27(25)32-16-13-23(14-17-32)26(33)12-7-15-31-28(34)35-20-21-8-3-1-4-9-21;23-18-13-25-14-19(24)21(18)27-11-8-17(9-12-27)20(28)7-4-10-26-22(29)30-15-16-5-2-1-3-6-16;8-7(9)6-4-2-1-3-5-6/h1-6,8-11,18-19,23H,7,12-17,20H2,(H,31,34);1-3,5-6,13-14,17H,4,7-12,15H2,(H,26,29);1-5,8-9H. The van der Waals surface area contributed by atoms with E-state index in [1.54, 1.807) is 42.9 Å². The number of carbonyl (C=O) groups excluding carboxylic acids is 4. The Morgan fingerprint density at radius 3 is 1.34 bits per heavy atom. The van der Waals surface area contributed by atoms with Gasteiger partial charge in [-0.25, -0.2) is 9.59 Å². The highest BCUT2D eigenvalue weighted by Crippen LogP contribution is 2.39. The first-order chi connectivity index (χ1) is 36.0. The molecule has 2 amide bonds. The number of pyridine rings is 2. The van der Waals surface area contributed by atoms with Crippen LogP contribution in [0.5, 0.6) is 0 Å². The topological polar surface area (TPSA) is 184 Å². The molecule has 74 heavy (non-hydrogen) atoms. The number of nitrogens with one attached hydrogen (secondary N) is 2. The predicted molar refractivity (Wildman–Crippen MR) is 293 cm³/mol. The largest absolute Gasteiger partial charge is 0.488 e. The van der Waals surface area contributed by atoms with E-state index in [1.807, 2.05) is 91.1 Å². The highest BCUT2D eigenvalue weighted by Gasteiger charge is 2.28. The number of Topliss-reactive ketones (excluding diaryl/α,β-unsaturated/α-hetero) is 2. The van der Waals surface area contributed by atoms with Crippen LogP contribution in [-0.4, -0.2) is 90.2 Å². The molecule has 4 aromatic carbocycles. The maximum Gasteiger partial charge on any atom is 0.488 e. The molecule has 0 radical (unpaired) electrons. The molecule has 0 bridgehead atoms. The first kappa shape index (κ1) is 56.8. The van der Waals surface area contributed by atoms with Crippen LogP contribution in [0, 0.1) is 11.8 Å². The van der Waals surface area contributed by atoms with E-state index >= 15 is 0 Å². The second-order valence-electron chi connectivity index (χ2n) is 17.8. The van der Waals surface area contributed by atoms with Crippen molar-refractivity contribution in [3.05, 3.63) is 172 Å². The van der Waals surface area contributed by atoms with Gasteiger partial charge in [0, 0.05) is 94.3 Å². The van der Waals surface area contributed by atoms with Crippen LogP contribution in [0.3, 0.4) is 0 Å². The normalized spacial score (nSPS) is 13.5. The average Bonchev–Trinajstić information content (AvgIpc) is 3.43. The Bertz CT molecular complexity index is 2650. The Hall–Kier alpha value is -6.49. The van der Waals surface area contributed by atoms with E-state index in [4.69, 9.17) is 54.3 Å². The summed E-state index contributed by atoms with van der Waals surface area (Å²) >= 11 is 19.0. The summed E-state index contributed by atoms with van der Waals surface area (Å²) in [7, 11) is -1.34. The lowest BCUT2D eigenvalue weighted by Crippen LogP contribution is -2.37. The molecule has 0 unspecified atom stereocenters. The first-order valence-corrected chi connectivity index (χ1v) is 25.9. The lowest BCUT2D eigenvalue weighted by molar-refractivity contribution is -0.124. The summed E-state index contributed by atoms with van der Waals surface area (Å²) < 4.78 is 10.4. The Labute approximate surface area is 448 Å². The van der Waals surface area contributed by atoms with Crippen LogP contribution >= 0.6 is 34.8 Å². The monoisotopic (exact) mass is 1060 g/mol. The van der Waals surface area contributed by atoms with Gasteiger partial charge in [-0.2, -0.15) is 0 Å². The summed E-state index contributed by atoms with van der Waals surface area (Å²) in [5, 5.41) is 24.3. The third-order valence-corrected chi connectivity index (χ3v) is 13.4. The van der Waals surface area contributed by atoms with E-state index in [-0.39, 0.29) is 36.6 Å². The molecule has 2 aliphatic heterocycles. The second-order valence-corrected chi connectivity index (χ2v) is 19.0. The number of alkyl carbamates (subject to hydrolysis) is 2. The molecule has 2 fully saturated rings. The zero-order valence-corrected chi connectivity index (χ0v) is 43.4. The van der Waals surface area contributed by atoms with Crippen LogP contribution in [0.15, 0.2) is 146 Å². The molecule has 8 rings (SSSR count). The molecule has 0 aliphatic carbocycles. The van der Waals surface area contributed by atoms with Crippen molar-refractivity contribution in [3.63, 3.8) is 0 Å². The van der Waals surface area contributed by atoms with Gasteiger partial charge in [0.15, 0.2) is 0 Å². The van der Waals surface area contributed by atoms with Crippen molar-refractivity contribution in [2.45, 2.75) is 64.6 Å². The van der Waals surface area contributed by atoms with Crippen molar-refractivity contribution in [2.75, 3.05) is 49.1 Å². The summed E-state index contributed by atoms with van der Waals surface area (Å²) in [5.74, 6) is 0.567. The van der Waals surface area contributed by atoms with Gasteiger partial charge in [0.1, 0.15) is 24.8 Å². The molecule has 4 N–H and O–H groups in total. The lowest BCUT2D eigenvalue weighted by atomic mass is 9.81. The molecule has 2 aromatic heterocycles. The van der Waals surface area contributed by atoms with Crippen LogP contribution in [0.4, 0.5) is 21.0 Å². The van der Waals surface area contributed by atoms with Crippen LogP contribution in [0.25, 0.3) is 11.1 Å². The van der Waals surface area contributed by atoms with Gasteiger partial charge in [0.05, 0.1) is 26.4 Å². The van der Waals surface area contributed by atoms with Crippen molar-refractivity contribution in [1.82, 2.24) is 20.6 Å². The van der Waals surface area contributed by atoms with E-state index < -0.39 is 19.3 Å². The van der Waals surface area contributed by atoms with Gasteiger partial charge < -0.3 is 40.0 Å². The smallest absolute Gasteiger partial charge is 0.445 e. The maximum absolute atomic E-state index is 12.8. The van der Waals surface area contributed by atoms with Crippen LogP contribution in [0.1, 0.15) is 62.5 Å². The summed E-state index contributed by atoms with van der Waals surface area (Å²) in [6.45, 7) is 4.29. The summed E-state index contributed by atoms with van der Waals surface area (Å²) in [5.41, 5.74) is 6.25. The number of nitrogens with zero attached hydrogens (tertiary/aromatic N) is 4. The minimum Gasteiger partial charge on any atom is -0.445 e. The minimum atomic E-state index is -1.34. The molecule has 2 saturated heterocycles. The number of ketones is 2. The van der Waals surface area contributed by atoms with Gasteiger partial charge in [0.2, 0.25) is 0 Å². The molecule has 388 valence electrons. The maximum atomic E-state index is 12.8. The summed E-state index contributed by atoms with van der Waals surface area (Å²) in [6, 6.07) is 37.8. The molecular formula is C56H62BCl3N6O8. The number of ether oxygens (including phenoxy) is 2. The molecule has 0 saturated carbocycles. The predicted octanol–water partition coefficient (Wildman–Crippen LogP) is 10.1. The van der Waals surface area contributed by atoms with Gasteiger partial charge in [-0.05, 0) is 60.7 Å². The zero-order valence-electron chi connectivity index (χ0n) is 41.2. The third-order valence-electron chi connectivity index (χ3n) is 12.6. The van der Waals surface area contributed by atoms with E-state index in [9.17, 15) is 19.2 Å². The molecule has 18 heteroatoms. The Morgan fingerprint density at radius 2 is 0.919 bits per heavy atom. The summed E-state index contributed by atoms with van der Waals surface area (Å²) in [4.78, 5) is 61.5. The van der Waals surface area contributed by atoms with Crippen molar-refractivity contribution in [1.29, 1.82) is 0 Å². The van der Waals surface area contributed by atoms with Gasteiger partial charge in [-0.1, -0.05) is 156 Å². The van der Waals surface area contributed by atoms with Crippen LogP contribution in [-0.2, 0) is 32.3 Å². The average molecular weight is 1060 g/mol. The van der Waals surface area contributed by atoms with Crippen molar-refractivity contribution >= 4 is 82.5 Å². The van der Waals surface area contributed by atoms with E-state index in [0.29, 0.717) is 59.3 Å². The second kappa shape index (κ2) is 30.6. The molecule has 4 heterocycles. The van der Waals surface area contributed by atoms with E-state index in [2.05, 4.69) is 42.5 Å². The third kappa shape index (κ3) is 18.5. The number of halogens is 3. The van der Waals surface area contributed by atoms with Gasteiger partial charge in [0.25, 0.3) is 0 Å². The first-order valence-electron chi connectivity index (χ1n) is 24.8. The minimum absolute atomic E-state index is 0.0330. The fourth-order valence-corrected chi connectivity index (χ4v) is 9.50. The number of carbonyl (C=O) groups is 4. The number of anilines is 2. The molecule has 0 spiro atoms. The fourth-order valence-electron chi connectivity index (χ4n) is 8.62. The van der Waals surface area contributed by atoms with Crippen molar-refractivity contribution in [3.8, 4) is 11.1 Å². The zero-order chi connectivity index (χ0) is 52.5. The molecule has 2 aliphatic rings. The number of amides is 2. The quantitative estimate of drug-likeness (QED) is 0.0473. The van der Waals surface area contributed by atoms with Crippen molar-refractivity contribution in [2.24, 2.45) is 11.8 Å². The fraction of sp³-hybridized carbons (Fsp3) is 0.321. The van der Waals surface area contributed by atoms with E-state index in [1.165, 1.54) is 0 Å². The lowest BCUT2D eigenvalue weighted by Gasteiger charge is -2.34. The van der Waals surface area contributed by atoms with Gasteiger partial charge in [-0.15, -0.1) is 0 Å². The number of benzene rings is 4.